The SMILES string of the molecule is COc1ccc(Br)c(C(=O)Nc2ccc(-c3nc4ccccc4[nH]3)cc2)c1. The molecule has 134 valence electrons. The molecule has 0 aliphatic heterocycles. The molecule has 2 N–H and O–H groups in total. The van der Waals surface area contributed by atoms with Crippen molar-refractivity contribution in [2.45, 2.75) is 0 Å². The number of carbonyl (C=O) groups excluding carboxylic acids is 1. The molecule has 3 aromatic carbocycles. The van der Waals surface area contributed by atoms with Crippen LogP contribution in [0.1, 0.15) is 10.4 Å². The molecule has 0 atom stereocenters. The van der Waals surface area contributed by atoms with Crippen molar-refractivity contribution in [1.29, 1.82) is 0 Å². The van der Waals surface area contributed by atoms with Gasteiger partial charge in [-0.15, -0.1) is 0 Å². The number of rotatable bonds is 4. The number of fused-ring (bicyclic) bond motifs is 1. The quantitative estimate of drug-likeness (QED) is 0.472. The molecular formula is C21H16BrN3O2. The van der Waals surface area contributed by atoms with E-state index in [1.165, 1.54) is 0 Å². The van der Waals surface area contributed by atoms with Crippen LogP contribution in [0, 0.1) is 0 Å². The van der Waals surface area contributed by atoms with E-state index in [1.54, 1.807) is 25.3 Å². The fourth-order valence-corrected chi connectivity index (χ4v) is 3.23. The van der Waals surface area contributed by atoms with Gasteiger partial charge < -0.3 is 15.0 Å². The Bertz CT molecular complexity index is 1090. The topological polar surface area (TPSA) is 67.0 Å². The third kappa shape index (κ3) is 3.57. The summed E-state index contributed by atoms with van der Waals surface area (Å²) < 4.78 is 5.90. The van der Waals surface area contributed by atoms with Gasteiger partial charge in [0.25, 0.3) is 5.91 Å². The first kappa shape index (κ1) is 17.3. The molecule has 1 heterocycles. The summed E-state index contributed by atoms with van der Waals surface area (Å²) in [6, 6.07) is 20.7. The number of nitrogens with one attached hydrogen (secondary N) is 2. The number of imidazole rings is 1. The highest BCUT2D eigenvalue weighted by Gasteiger charge is 2.12. The number of hydrogen-bond acceptors (Lipinski definition) is 3. The minimum atomic E-state index is -0.211. The smallest absolute Gasteiger partial charge is 0.256 e. The van der Waals surface area contributed by atoms with Crippen LogP contribution in [-0.2, 0) is 0 Å². The maximum absolute atomic E-state index is 12.6. The molecule has 1 aromatic heterocycles. The molecule has 0 spiro atoms. The maximum Gasteiger partial charge on any atom is 0.256 e. The molecule has 4 aromatic rings. The van der Waals surface area contributed by atoms with E-state index in [2.05, 4.69) is 31.2 Å². The lowest BCUT2D eigenvalue weighted by atomic mass is 10.1. The second-order valence-electron chi connectivity index (χ2n) is 5.98. The molecule has 0 saturated carbocycles. The molecule has 27 heavy (non-hydrogen) atoms. The number of aromatic nitrogens is 2. The van der Waals surface area contributed by atoms with Crippen molar-refractivity contribution in [3.8, 4) is 17.1 Å². The lowest BCUT2D eigenvalue weighted by Crippen LogP contribution is -2.12. The van der Waals surface area contributed by atoms with E-state index in [1.807, 2.05) is 48.5 Å². The first-order chi connectivity index (χ1) is 13.1. The van der Waals surface area contributed by atoms with Crippen LogP contribution in [0.15, 0.2) is 71.2 Å². The van der Waals surface area contributed by atoms with Gasteiger partial charge in [0.05, 0.1) is 23.7 Å². The molecule has 0 radical (unpaired) electrons. The summed E-state index contributed by atoms with van der Waals surface area (Å²) in [7, 11) is 1.57. The summed E-state index contributed by atoms with van der Waals surface area (Å²) in [5.74, 6) is 1.21. The van der Waals surface area contributed by atoms with Crippen LogP contribution in [0.3, 0.4) is 0 Å². The fraction of sp³-hybridized carbons (Fsp3) is 0.0476. The molecule has 0 aliphatic carbocycles. The lowest BCUT2D eigenvalue weighted by Gasteiger charge is -2.09. The Hall–Kier alpha value is -3.12. The zero-order chi connectivity index (χ0) is 18.8. The van der Waals surface area contributed by atoms with Crippen molar-refractivity contribution in [2.24, 2.45) is 0 Å². The van der Waals surface area contributed by atoms with Crippen LogP contribution in [0.2, 0.25) is 0 Å². The molecule has 5 nitrogen and oxygen atoms in total. The Morgan fingerprint density at radius 1 is 1.07 bits per heavy atom. The van der Waals surface area contributed by atoms with Gasteiger partial charge in [0.15, 0.2) is 0 Å². The molecular weight excluding hydrogens is 406 g/mol. The second kappa shape index (κ2) is 7.25. The van der Waals surface area contributed by atoms with E-state index in [0.717, 1.165) is 22.4 Å². The number of anilines is 1. The van der Waals surface area contributed by atoms with E-state index in [4.69, 9.17) is 4.74 Å². The van der Waals surface area contributed by atoms with Gasteiger partial charge in [0.2, 0.25) is 0 Å². The van der Waals surface area contributed by atoms with Crippen molar-refractivity contribution in [1.82, 2.24) is 9.97 Å². The summed E-state index contributed by atoms with van der Waals surface area (Å²) in [4.78, 5) is 20.4. The predicted octanol–water partition coefficient (Wildman–Crippen LogP) is 5.25. The Balaban J connectivity index is 1.55. The lowest BCUT2D eigenvalue weighted by molar-refractivity contribution is 0.102. The van der Waals surface area contributed by atoms with Crippen LogP contribution in [0.5, 0.6) is 5.75 Å². The summed E-state index contributed by atoms with van der Waals surface area (Å²) in [6.45, 7) is 0. The Kier molecular flexibility index (Phi) is 4.64. The number of benzene rings is 3. The number of nitrogens with zero attached hydrogens (tertiary/aromatic N) is 1. The van der Waals surface area contributed by atoms with Gasteiger partial charge in [0, 0.05) is 15.7 Å². The molecule has 1 amide bonds. The highest BCUT2D eigenvalue weighted by atomic mass is 79.9. The highest BCUT2D eigenvalue weighted by molar-refractivity contribution is 9.10. The zero-order valence-corrected chi connectivity index (χ0v) is 16.1. The Labute approximate surface area is 164 Å². The van der Waals surface area contributed by atoms with Crippen LogP contribution in [0.4, 0.5) is 5.69 Å². The minimum Gasteiger partial charge on any atom is -0.497 e. The van der Waals surface area contributed by atoms with Crippen molar-refractivity contribution in [3.05, 3.63) is 76.8 Å². The van der Waals surface area contributed by atoms with Crippen molar-refractivity contribution in [3.63, 3.8) is 0 Å². The molecule has 0 saturated heterocycles. The monoisotopic (exact) mass is 421 g/mol. The van der Waals surface area contributed by atoms with Gasteiger partial charge in [-0.2, -0.15) is 0 Å². The summed E-state index contributed by atoms with van der Waals surface area (Å²) in [5.41, 5.74) is 4.08. The Morgan fingerprint density at radius 2 is 1.85 bits per heavy atom. The molecule has 4 rings (SSSR count). The average Bonchev–Trinajstić information content (AvgIpc) is 3.13. The number of halogens is 1. The largest absolute Gasteiger partial charge is 0.497 e. The first-order valence-electron chi connectivity index (χ1n) is 8.34. The van der Waals surface area contributed by atoms with E-state index in [-0.39, 0.29) is 5.91 Å². The van der Waals surface area contributed by atoms with Gasteiger partial charge in [-0.1, -0.05) is 12.1 Å². The van der Waals surface area contributed by atoms with Crippen LogP contribution in [-0.4, -0.2) is 23.0 Å². The number of ether oxygens (including phenoxy) is 1. The Morgan fingerprint density at radius 3 is 2.59 bits per heavy atom. The van der Waals surface area contributed by atoms with Gasteiger partial charge in [-0.05, 0) is 70.5 Å². The number of carbonyl (C=O) groups is 1. The zero-order valence-electron chi connectivity index (χ0n) is 14.5. The van der Waals surface area contributed by atoms with Crippen LogP contribution >= 0.6 is 15.9 Å². The maximum atomic E-state index is 12.6. The van der Waals surface area contributed by atoms with Gasteiger partial charge >= 0.3 is 0 Å². The molecule has 6 heteroatoms. The van der Waals surface area contributed by atoms with Gasteiger partial charge in [-0.25, -0.2) is 4.98 Å². The van der Waals surface area contributed by atoms with Crippen molar-refractivity contribution in [2.75, 3.05) is 12.4 Å². The molecule has 0 fully saturated rings. The van der Waals surface area contributed by atoms with Gasteiger partial charge in [0.1, 0.15) is 11.6 Å². The third-order valence-electron chi connectivity index (χ3n) is 4.22. The van der Waals surface area contributed by atoms with Gasteiger partial charge in [-0.3, -0.25) is 4.79 Å². The summed E-state index contributed by atoms with van der Waals surface area (Å²) >= 11 is 3.40. The second-order valence-corrected chi connectivity index (χ2v) is 6.83. The molecule has 0 bridgehead atoms. The van der Waals surface area contributed by atoms with E-state index in [0.29, 0.717) is 21.5 Å². The number of amides is 1. The minimum absolute atomic E-state index is 0.211. The van der Waals surface area contributed by atoms with E-state index in [9.17, 15) is 4.79 Å². The first-order valence-corrected chi connectivity index (χ1v) is 9.13. The number of methoxy groups -OCH3 is 1. The molecule has 0 aliphatic rings. The van der Waals surface area contributed by atoms with Crippen LogP contribution in [0.25, 0.3) is 22.4 Å². The summed E-state index contributed by atoms with van der Waals surface area (Å²) in [6.07, 6.45) is 0. The number of hydrogen-bond donors (Lipinski definition) is 2. The van der Waals surface area contributed by atoms with Crippen molar-refractivity contribution < 1.29 is 9.53 Å². The normalized spacial score (nSPS) is 10.7. The highest BCUT2D eigenvalue weighted by Crippen LogP contribution is 2.25. The standard InChI is InChI=1S/C21H16BrN3O2/c1-27-15-10-11-17(22)16(12-15)21(26)23-14-8-6-13(7-9-14)20-24-18-4-2-3-5-19(18)25-20/h2-12H,1H3,(H,23,26)(H,24,25). The van der Waals surface area contributed by atoms with Crippen LogP contribution < -0.4 is 10.1 Å². The third-order valence-corrected chi connectivity index (χ3v) is 4.92. The van der Waals surface area contributed by atoms with E-state index >= 15 is 0 Å². The number of aromatic amines is 1. The molecule has 0 unspecified atom stereocenters. The average molecular weight is 422 g/mol. The fourth-order valence-electron chi connectivity index (χ4n) is 2.80. The predicted molar refractivity (Wildman–Crippen MR) is 110 cm³/mol. The number of para-hydroxylation sites is 2. The van der Waals surface area contributed by atoms with E-state index < -0.39 is 0 Å². The van der Waals surface area contributed by atoms with Crippen molar-refractivity contribution >= 4 is 38.6 Å². The number of H-pyrrole nitrogens is 1. The summed E-state index contributed by atoms with van der Waals surface area (Å²) in [5, 5.41) is 2.90.